The van der Waals surface area contributed by atoms with Gasteiger partial charge in [-0.1, -0.05) is 13.2 Å². The molecule has 0 aromatic carbocycles. The summed E-state index contributed by atoms with van der Waals surface area (Å²) in [6.07, 6.45) is 0. The molecule has 5 nitrogen and oxygen atoms in total. The summed E-state index contributed by atoms with van der Waals surface area (Å²) in [5.74, 6) is -2.78. The van der Waals surface area contributed by atoms with Gasteiger partial charge in [0.2, 0.25) is 0 Å². The van der Waals surface area contributed by atoms with Crippen LogP contribution in [0.1, 0.15) is 27.7 Å². The van der Waals surface area contributed by atoms with Gasteiger partial charge in [-0.15, -0.1) is 0 Å². The molecule has 0 saturated carbocycles. The van der Waals surface area contributed by atoms with Crippen LogP contribution in [0.5, 0.6) is 0 Å². The van der Waals surface area contributed by atoms with Gasteiger partial charge in [-0.3, -0.25) is 0 Å². The molecule has 0 fully saturated rings. The molecule has 0 saturated heterocycles. The van der Waals surface area contributed by atoms with E-state index < -0.39 is 17.7 Å². The highest BCUT2D eigenvalue weighted by molar-refractivity contribution is 5.89. The lowest BCUT2D eigenvalue weighted by Crippen LogP contribution is -2.42. The van der Waals surface area contributed by atoms with Crippen LogP contribution in [-0.2, 0) is 23.8 Å². The number of rotatable bonds is 7. The maximum atomic E-state index is 11.5. The Morgan fingerprint density at radius 3 is 1.72 bits per heavy atom. The molecular weight excluding hydrogens is 236 g/mol. The van der Waals surface area contributed by atoms with E-state index in [0.29, 0.717) is 6.61 Å². The van der Waals surface area contributed by atoms with Crippen LogP contribution in [0.4, 0.5) is 0 Å². The van der Waals surface area contributed by atoms with Crippen molar-refractivity contribution in [3.05, 3.63) is 24.3 Å². The molecule has 0 rings (SSSR count). The molecule has 0 N–H and O–H groups in total. The second kappa shape index (κ2) is 6.96. The Morgan fingerprint density at radius 1 is 1.06 bits per heavy atom. The van der Waals surface area contributed by atoms with E-state index in [9.17, 15) is 9.59 Å². The summed E-state index contributed by atoms with van der Waals surface area (Å²) in [6, 6.07) is 0. The van der Waals surface area contributed by atoms with Crippen molar-refractivity contribution in [1.82, 2.24) is 0 Å². The third-order valence-corrected chi connectivity index (χ3v) is 1.88. The van der Waals surface area contributed by atoms with Crippen LogP contribution in [0.3, 0.4) is 0 Å². The van der Waals surface area contributed by atoms with Gasteiger partial charge in [0.15, 0.2) is 0 Å². The quantitative estimate of drug-likeness (QED) is 0.396. The predicted octanol–water partition coefficient (Wildman–Crippen LogP) is 1.98. The van der Waals surface area contributed by atoms with Crippen LogP contribution in [0.2, 0.25) is 0 Å². The van der Waals surface area contributed by atoms with Gasteiger partial charge in [-0.05, 0) is 20.8 Å². The van der Waals surface area contributed by atoms with E-state index in [2.05, 4.69) is 13.2 Å². The maximum absolute atomic E-state index is 11.5. The van der Waals surface area contributed by atoms with Gasteiger partial charge in [0.25, 0.3) is 5.79 Å². The molecular formula is C13H20O5. The minimum atomic E-state index is -1.48. The highest BCUT2D eigenvalue weighted by atomic mass is 16.7. The summed E-state index contributed by atoms with van der Waals surface area (Å²) in [5.41, 5.74) is 0.424. The van der Waals surface area contributed by atoms with E-state index in [-0.39, 0.29) is 17.8 Å². The molecule has 0 atom stereocenters. The Balaban J connectivity index is 4.81. The molecule has 102 valence electrons. The van der Waals surface area contributed by atoms with Crippen LogP contribution >= 0.6 is 0 Å². The average molecular weight is 256 g/mol. The third kappa shape index (κ3) is 5.63. The Labute approximate surface area is 107 Å². The normalized spacial score (nSPS) is 10.7. The second-order valence-corrected chi connectivity index (χ2v) is 4.11. The average Bonchev–Trinajstić information content (AvgIpc) is 2.25. The van der Waals surface area contributed by atoms with Crippen LogP contribution in [-0.4, -0.2) is 30.9 Å². The van der Waals surface area contributed by atoms with Crippen LogP contribution < -0.4 is 0 Å². The number of ether oxygens (including phenoxy) is 3. The van der Waals surface area contributed by atoms with E-state index >= 15 is 0 Å². The van der Waals surface area contributed by atoms with E-state index in [1.54, 1.807) is 6.92 Å². The molecule has 0 radical (unpaired) electrons. The molecule has 18 heavy (non-hydrogen) atoms. The topological polar surface area (TPSA) is 61.8 Å². The second-order valence-electron chi connectivity index (χ2n) is 4.11. The van der Waals surface area contributed by atoms with Crippen molar-refractivity contribution in [1.29, 1.82) is 0 Å². The molecule has 0 aliphatic rings. The molecule has 0 aromatic heterocycles. The van der Waals surface area contributed by atoms with Crippen molar-refractivity contribution >= 4 is 11.9 Å². The molecule has 5 heteroatoms. The summed E-state index contributed by atoms with van der Waals surface area (Å²) in [4.78, 5) is 23.0. The minimum Gasteiger partial charge on any atom is -0.417 e. The van der Waals surface area contributed by atoms with E-state index in [0.717, 1.165) is 0 Å². The van der Waals surface area contributed by atoms with Crippen molar-refractivity contribution in [3.8, 4) is 0 Å². The van der Waals surface area contributed by atoms with Crippen LogP contribution in [0, 0.1) is 0 Å². The first kappa shape index (κ1) is 16.4. The van der Waals surface area contributed by atoms with Gasteiger partial charge < -0.3 is 14.2 Å². The fraction of sp³-hybridized carbons (Fsp3) is 0.538. The lowest BCUT2D eigenvalue weighted by atomic mass is 10.3. The van der Waals surface area contributed by atoms with Crippen molar-refractivity contribution in [2.24, 2.45) is 0 Å². The van der Waals surface area contributed by atoms with Crippen molar-refractivity contribution in [2.75, 3.05) is 13.2 Å². The molecule has 0 aromatic rings. The predicted molar refractivity (Wildman–Crippen MR) is 66.7 cm³/mol. The lowest BCUT2D eigenvalue weighted by molar-refractivity contribution is -0.232. The van der Waals surface area contributed by atoms with E-state index in [4.69, 9.17) is 14.2 Å². The van der Waals surface area contributed by atoms with Crippen molar-refractivity contribution in [3.63, 3.8) is 0 Å². The molecule has 0 spiro atoms. The van der Waals surface area contributed by atoms with Gasteiger partial charge in [0, 0.05) is 24.7 Å². The van der Waals surface area contributed by atoms with Gasteiger partial charge in [-0.25, -0.2) is 9.59 Å². The summed E-state index contributed by atoms with van der Waals surface area (Å²) < 4.78 is 15.3. The first-order valence-corrected chi connectivity index (χ1v) is 5.57. The molecule has 0 heterocycles. The van der Waals surface area contributed by atoms with Crippen molar-refractivity contribution < 1.29 is 23.8 Å². The summed E-state index contributed by atoms with van der Waals surface area (Å²) in [7, 11) is 0. The number of carbonyl (C=O) groups excluding carboxylic acids is 2. The van der Waals surface area contributed by atoms with Gasteiger partial charge in [-0.2, -0.15) is 0 Å². The zero-order chi connectivity index (χ0) is 14.3. The zero-order valence-electron chi connectivity index (χ0n) is 11.4. The Kier molecular flexibility index (Phi) is 6.33. The highest BCUT2D eigenvalue weighted by Gasteiger charge is 2.34. The molecule has 0 aliphatic heterocycles. The Morgan fingerprint density at radius 2 is 1.44 bits per heavy atom. The molecule has 0 amide bonds. The SMILES string of the molecule is C=C(C)C(=O)OC(C)(COCC)OC(=O)C(=C)C. The van der Waals surface area contributed by atoms with Crippen LogP contribution in [0.15, 0.2) is 24.3 Å². The first-order valence-electron chi connectivity index (χ1n) is 5.57. The standard InChI is InChI=1S/C13H20O5/c1-7-16-8-13(6,17-11(14)9(2)3)18-12(15)10(4)5/h2,4,7-8H2,1,3,5-6H3. The summed E-state index contributed by atoms with van der Waals surface area (Å²) in [5, 5.41) is 0. The number of esters is 2. The lowest BCUT2D eigenvalue weighted by Gasteiger charge is -2.28. The minimum absolute atomic E-state index is 0.0540. The van der Waals surface area contributed by atoms with Gasteiger partial charge in [0.1, 0.15) is 6.61 Å². The Hall–Kier alpha value is -1.62. The number of hydrogen-bond donors (Lipinski definition) is 0. The van der Waals surface area contributed by atoms with E-state index in [1.165, 1.54) is 20.8 Å². The molecule has 0 aliphatic carbocycles. The van der Waals surface area contributed by atoms with Crippen molar-refractivity contribution in [2.45, 2.75) is 33.5 Å². The largest absolute Gasteiger partial charge is 0.417 e. The fourth-order valence-corrected chi connectivity index (χ4v) is 0.934. The van der Waals surface area contributed by atoms with Crippen LogP contribution in [0.25, 0.3) is 0 Å². The summed E-state index contributed by atoms with van der Waals surface area (Å²) in [6.45, 7) is 13.5. The monoisotopic (exact) mass is 256 g/mol. The fourth-order valence-electron chi connectivity index (χ4n) is 0.934. The Bertz CT molecular complexity index is 328. The maximum Gasteiger partial charge on any atom is 0.336 e. The number of hydrogen-bond acceptors (Lipinski definition) is 5. The number of carbonyl (C=O) groups is 2. The smallest absolute Gasteiger partial charge is 0.336 e. The summed E-state index contributed by atoms with van der Waals surface area (Å²) >= 11 is 0. The molecule has 0 unspecified atom stereocenters. The van der Waals surface area contributed by atoms with Gasteiger partial charge in [0.05, 0.1) is 0 Å². The van der Waals surface area contributed by atoms with Gasteiger partial charge >= 0.3 is 11.9 Å². The van der Waals surface area contributed by atoms with E-state index in [1.807, 2.05) is 0 Å². The molecule has 0 bridgehead atoms. The first-order chi connectivity index (χ1) is 8.22. The highest BCUT2D eigenvalue weighted by Crippen LogP contribution is 2.17. The zero-order valence-corrected chi connectivity index (χ0v) is 11.4. The third-order valence-electron chi connectivity index (χ3n) is 1.88.